The highest BCUT2D eigenvalue weighted by Gasteiger charge is 2.43. The summed E-state index contributed by atoms with van der Waals surface area (Å²) in [6, 6.07) is 0.104. The van der Waals surface area contributed by atoms with Crippen LogP contribution in [0.4, 0.5) is 17.7 Å². The normalized spacial score (nSPS) is 20.0. The fourth-order valence-electron chi connectivity index (χ4n) is 4.35. The van der Waals surface area contributed by atoms with E-state index in [1.54, 1.807) is 30.5 Å². The highest BCUT2D eigenvalue weighted by atomic mass is 32.2. The molecule has 3 aliphatic heterocycles. The molecule has 5 rings (SSSR count). The number of morpholine rings is 1. The first-order valence-electron chi connectivity index (χ1n) is 10.9. The maximum atomic E-state index is 12.5. The average molecular weight is 461 g/mol. The van der Waals surface area contributed by atoms with Crippen molar-refractivity contribution in [2.24, 2.45) is 0 Å². The number of fused-ring (bicyclic) bond motifs is 1. The van der Waals surface area contributed by atoms with Crippen LogP contribution in [0.3, 0.4) is 0 Å². The van der Waals surface area contributed by atoms with Crippen molar-refractivity contribution in [1.29, 1.82) is 0 Å². The molecule has 0 saturated carbocycles. The van der Waals surface area contributed by atoms with Gasteiger partial charge in [-0.2, -0.15) is 9.29 Å². The van der Waals surface area contributed by atoms with Gasteiger partial charge in [-0.25, -0.2) is 23.4 Å². The molecule has 0 aliphatic carbocycles. The molecule has 0 unspecified atom stereocenters. The smallest absolute Gasteiger partial charge is 0.228 e. The lowest BCUT2D eigenvalue weighted by molar-refractivity contribution is 0.122. The fraction of sp³-hybridized carbons (Fsp3) is 0.600. The predicted molar refractivity (Wildman–Crippen MR) is 121 cm³/mol. The van der Waals surface area contributed by atoms with Crippen molar-refractivity contribution in [3.05, 3.63) is 18.0 Å². The van der Waals surface area contributed by atoms with Crippen LogP contribution in [-0.2, 0) is 21.2 Å². The number of hydrogen-bond donors (Lipinski definition) is 1. The Bertz CT molecular complexity index is 1100. The van der Waals surface area contributed by atoms with E-state index in [1.165, 1.54) is 0 Å². The average Bonchev–Trinajstić information content (AvgIpc) is 3.17. The molecule has 0 radical (unpaired) electrons. The standard InChI is InChI=1S/C20H28N8O3S/c1-13(2)32(29,30)27-11-15(12-27)28-4-3-16-17(14-9-22-19(21)23-10-14)24-20(25-18(16)28)26-5-7-31-8-6-26/h9-10,13,15H,3-8,11-12H2,1-2H3,(H2,21,22,23). The van der Waals surface area contributed by atoms with Crippen LogP contribution >= 0.6 is 0 Å². The number of nitrogen functional groups attached to an aromatic ring is 1. The summed E-state index contributed by atoms with van der Waals surface area (Å²) < 4.78 is 32.0. The zero-order chi connectivity index (χ0) is 22.5. The third-order valence-electron chi connectivity index (χ3n) is 6.31. The Morgan fingerprint density at radius 3 is 2.44 bits per heavy atom. The summed E-state index contributed by atoms with van der Waals surface area (Å²) in [5.74, 6) is 1.74. The Labute approximate surface area is 187 Å². The molecule has 11 nitrogen and oxygen atoms in total. The molecule has 0 aromatic carbocycles. The van der Waals surface area contributed by atoms with Crippen LogP contribution in [0.5, 0.6) is 0 Å². The van der Waals surface area contributed by atoms with Crippen LogP contribution < -0.4 is 15.5 Å². The molecule has 2 aromatic heterocycles. The number of nitrogens with two attached hydrogens (primary N) is 1. The Balaban J connectivity index is 1.49. The Kier molecular flexibility index (Phi) is 5.38. The van der Waals surface area contributed by atoms with Crippen LogP contribution in [0.2, 0.25) is 0 Å². The van der Waals surface area contributed by atoms with Crippen LogP contribution in [0.15, 0.2) is 12.4 Å². The largest absolute Gasteiger partial charge is 0.378 e. The zero-order valence-corrected chi connectivity index (χ0v) is 19.1. The topological polar surface area (TPSA) is 131 Å². The first-order chi connectivity index (χ1) is 15.3. The Morgan fingerprint density at radius 2 is 1.78 bits per heavy atom. The summed E-state index contributed by atoms with van der Waals surface area (Å²) in [6.45, 7) is 7.89. The van der Waals surface area contributed by atoms with Crippen molar-refractivity contribution in [3.8, 4) is 11.3 Å². The van der Waals surface area contributed by atoms with Gasteiger partial charge in [-0.1, -0.05) is 0 Å². The predicted octanol–water partition coefficient (Wildman–Crippen LogP) is 0.137. The summed E-state index contributed by atoms with van der Waals surface area (Å²) in [4.78, 5) is 22.5. The summed E-state index contributed by atoms with van der Waals surface area (Å²) in [5.41, 5.74) is 8.33. The molecule has 2 N–H and O–H groups in total. The number of anilines is 3. The Hall–Kier alpha value is -2.57. The van der Waals surface area contributed by atoms with Gasteiger partial charge in [0.05, 0.1) is 30.2 Å². The van der Waals surface area contributed by atoms with E-state index < -0.39 is 15.3 Å². The second-order valence-electron chi connectivity index (χ2n) is 8.61. The second-order valence-corrected chi connectivity index (χ2v) is 11.1. The molecule has 172 valence electrons. The molecule has 32 heavy (non-hydrogen) atoms. The van der Waals surface area contributed by atoms with E-state index in [0.29, 0.717) is 32.3 Å². The number of rotatable bonds is 5. The van der Waals surface area contributed by atoms with Gasteiger partial charge in [-0.05, 0) is 20.3 Å². The van der Waals surface area contributed by atoms with Gasteiger partial charge in [0.2, 0.25) is 21.9 Å². The summed E-state index contributed by atoms with van der Waals surface area (Å²) in [7, 11) is -3.24. The molecule has 0 bridgehead atoms. The van der Waals surface area contributed by atoms with Crippen molar-refractivity contribution >= 4 is 27.7 Å². The third-order valence-corrected chi connectivity index (χ3v) is 8.52. The van der Waals surface area contributed by atoms with Gasteiger partial charge >= 0.3 is 0 Å². The molecule has 0 spiro atoms. The van der Waals surface area contributed by atoms with Crippen molar-refractivity contribution in [2.45, 2.75) is 31.6 Å². The Morgan fingerprint density at radius 1 is 1.09 bits per heavy atom. The van der Waals surface area contributed by atoms with Crippen molar-refractivity contribution < 1.29 is 13.2 Å². The molecule has 2 fully saturated rings. The first kappa shape index (κ1) is 21.3. The molecular formula is C20H28N8O3S. The zero-order valence-electron chi connectivity index (χ0n) is 18.3. The molecule has 0 atom stereocenters. The fourth-order valence-corrected chi connectivity index (χ4v) is 5.70. The van der Waals surface area contributed by atoms with E-state index in [4.69, 9.17) is 20.4 Å². The molecule has 2 saturated heterocycles. The molecule has 2 aromatic rings. The highest BCUT2D eigenvalue weighted by molar-refractivity contribution is 7.89. The minimum absolute atomic E-state index is 0.104. The summed E-state index contributed by atoms with van der Waals surface area (Å²) in [5, 5.41) is -0.415. The molecule has 5 heterocycles. The van der Waals surface area contributed by atoms with E-state index in [2.05, 4.69) is 19.8 Å². The van der Waals surface area contributed by atoms with E-state index >= 15 is 0 Å². The van der Waals surface area contributed by atoms with Gasteiger partial charge in [-0.3, -0.25) is 0 Å². The van der Waals surface area contributed by atoms with E-state index in [-0.39, 0.29) is 12.0 Å². The maximum Gasteiger partial charge on any atom is 0.228 e. The quantitative estimate of drug-likeness (QED) is 0.657. The lowest BCUT2D eigenvalue weighted by Gasteiger charge is -2.44. The van der Waals surface area contributed by atoms with Gasteiger partial charge in [0.1, 0.15) is 5.82 Å². The van der Waals surface area contributed by atoms with Crippen molar-refractivity contribution in [2.75, 3.05) is 61.5 Å². The van der Waals surface area contributed by atoms with Crippen LogP contribution in [-0.4, -0.2) is 89.9 Å². The number of aromatic nitrogens is 4. The van der Waals surface area contributed by atoms with Crippen molar-refractivity contribution in [1.82, 2.24) is 24.2 Å². The molecule has 0 amide bonds. The minimum Gasteiger partial charge on any atom is -0.378 e. The minimum atomic E-state index is -3.24. The summed E-state index contributed by atoms with van der Waals surface area (Å²) in [6.07, 6.45) is 4.17. The van der Waals surface area contributed by atoms with Gasteiger partial charge in [0, 0.05) is 56.2 Å². The van der Waals surface area contributed by atoms with Crippen LogP contribution in [0.1, 0.15) is 19.4 Å². The van der Waals surface area contributed by atoms with Gasteiger partial charge in [0.15, 0.2) is 0 Å². The third kappa shape index (κ3) is 3.65. The molecule has 12 heteroatoms. The van der Waals surface area contributed by atoms with Gasteiger partial charge in [0.25, 0.3) is 0 Å². The lowest BCUT2D eigenvalue weighted by atomic mass is 10.1. The monoisotopic (exact) mass is 460 g/mol. The van der Waals surface area contributed by atoms with Gasteiger partial charge < -0.3 is 20.3 Å². The van der Waals surface area contributed by atoms with Crippen LogP contribution in [0, 0.1) is 0 Å². The van der Waals surface area contributed by atoms with Gasteiger partial charge in [-0.15, -0.1) is 0 Å². The molecule has 3 aliphatic rings. The highest BCUT2D eigenvalue weighted by Crippen LogP contribution is 2.38. The summed E-state index contributed by atoms with van der Waals surface area (Å²) >= 11 is 0. The lowest BCUT2D eigenvalue weighted by Crippen LogP contribution is -2.62. The molecular weight excluding hydrogens is 432 g/mol. The number of ether oxygens (including phenoxy) is 1. The SMILES string of the molecule is CC(C)S(=O)(=O)N1CC(N2CCc3c(-c4cnc(N)nc4)nc(N4CCOCC4)nc32)C1. The van der Waals surface area contributed by atoms with E-state index in [1.807, 2.05) is 0 Å². The van der Waals surface area contributed by atoms with Crippen molar-refractivity contribution in [3.63, 3.8) is 0 Å². The second kappa shape index (κ2) is 8.09. The van der Waals surface area contributed by atoms with Crippen LogP contribution in [0.25, 0.3) is 11.3 Å². The van der Waals surface area contributed by atoms with E-state index in [9.17, 15) is 8.42 Å². The number of sulfonamides is 1. The number of nitrogens with zero attached hydrogens (tertiary/aromatic N) is 7. The number of hydrogen-bond acceptors (Lipinski definition) is 10. The van der Waals surface area contributed by atoms with E-state index in [0.717, 1.165) is 48.7 Å². The first-order valence-corrected chi connectivity index (χ1v) is 12.4. The maximum absolute atomic E-state index is 12.5.